The molecule has 0 spiro atoms. The van der Waals surface area contributed by atoms with Crippen LogP contribution in [-0.4, -0.2) is 23.7 Å². The number of fused-ring (bicyclic) bond motifs is 2. The van der Waals surface area contributed by atoms with Gasteiger partial charge in [-0.1, -0.05) is 29.8 Å². The smallest absolute Gasteiger partial charge is 0.253 e. The summed E-state index contributed by atoms with van der Waals surface area (Å²) in [6.07, 6.45) is 1.84. The fourth-order valence-corrected chi connectivity index (χ4v) is 3.35. The second-order valence-corrected chi connectivity index (χ2v) is 6.36. The van der Waals surface area contributed by atoms with E-state index in [2.05, 4.69) is 5.32 Å². The van der Waals surface area contributed by atoms with Gasteiger partial charge in [0.25, 0.3) is 5.91 Å². The molecule has 0 radical (unpaired) electrons. The molecule has 5 nitrogen and oxygen atoms in total. The lowest BCUT2D eigenvalue weighted by Gasteiger charge is -2.20. The molecule has 1 amide bonds. The van der Waals surface area contributed by atoms with Gasteiger partial charge < -0.3 is 19.4 Å². The molecule has 0 atom stereocenters. The number of amides is 1. The molecule has 2 heterocycles. The summed E-state index contributed by atoms with van der Waals surface area (Å²) in [4.78, 5) is 12.6. The molecular weight excluding hydrogens is 340 g/mol. The Labute approximate surface area is 150 Å². The van der Waals surface area contributed by atoms with Gasteiger partial charge in [-0.3, -0.25) is 4.79 Å². The van der Waals surface area contributed by atoms with Crippen molar-refractivity contribution in [3.8, 4) is 11.5 Å². The van der Waals surface area contributed by atoms with Gasteiger partial charge in [-0.2, -0.15) is 0 Å². The van der Waals surface area contributed by atoms with Crippen LogP contribution in [0.5, 0.6) is 11.5 Å². The van der Waals surface area contributed by atoms with Crippen molar-refractivity contribution in [2.24, 2.45) is 7.05 Å². The Bertz CT molecular complexity index is 965. The van der Waals surface area contributed by atoms with E-state index < -0.39 is 0 Å². The lowest BCUT2D eigenvalue weighted by Crippen LogP contribution is -2.23. The van der Waals surface area contributed by atoms with Crippen LogP contribution in [0.2, 0.25) is 5.02 Å². The van der Waals surface area contributed by atoms with Crippen molar-refractivity contribution in [3.63, 3.8) is 0 Å². The molecule has 0 aliphatic carbocycles. The van der Waals surface area contributed by atoms with Gasteiger partial charge in [-0.15, -0.1) is 0 Å². The molecule has 0 saturated heterocycles. The van der Waals surface area contributed by atoms with E-state index >= 15 is 0 Å². The predicted octanol–water partition coefficient (Wildman–Crippen LogP) is 3.53. The molecule has 2 aromatic carbocycles. The quantitative estimate of drug-likeness (QED) is 0.781. The van der Waals surface area contributed by atoms with Gasteiger partial charge in [0.05, 0.1) is 10.6 Å². The van der Waals surface area contributed by atoms with Crippen LogP contribution in [0.1, 0.15) is 15.9 Å². The summed E-state index contributed by atoms with van der Waals surface area (Å²) in [5.74, 6) is 1.06. The van der Waals surface area contributed by atoms with E-state index in [4.69, 9.17) is 21.1 Å². The van der Waals surface area contributed by atoms with Crippen LogP contribution in [0, 0.1) is 0 Å². The monoisotopic (exact) mass is 356 g/mol. The van der Waals surface area contributed by atoms with Gasteiger partial charge in [0.15, 0.2) is 11.5 Å². The summed E-state index contributed by atoms with van der Waals surface area (Å²) < 4.78 is 13.0. The summed E-state index contributed by atoms with van der Waals surface area (Å²) >= 11 is 6.24. The van der Waals surface area contributed by atoms with Gasteiger partial charge in [0.1, 0.15) is 13.2 Å². The summed E-state index contributed by atoms with van der Waals surface area (Å²) in [6.45, 7) is 1.34. The number of nitrogens with zero attached hydrogens (tertiary/aromatic N) is 1. The molecule has 3 aromatic rings. The Balaban J connectivity index is 1.55. The maximum atomic E-state index is 12.6. The lowest BCUT2D eigenvalue weighted by molar-refractivity contribution is 0.0952. The molecule has 128 valence electrons. The Morgan fingerprint density at radius 1 is 1.24 bits per heavy atom. The first kappa shape index (κ1) is 15.8. The second kappa shape index (κ2) is 6.33. The Morgan fingerprint density at radius 2 is 2.04 bits per heavy atom. The standard InChI is InChI=1S/C19H17ClN2O3/c1-22-11-14(13-4-2-3-5-16(13)22)19(23)21-10-12-8-15(20)18-17(9-12)24-6-7-25-18/h2-5,8-9,11H,6-7,10H2,1H3,(H,21,23). The van der Waals surface area contributed by atoms with Crippen LogP contribution in [0.25, 0.3) is 10.9 Å². The molecule has 4 rings (SSSR count). The highest BCUT2D eigenvalue weighted by Gasteiger charge is 2.18. The number of halogens is 1. The van der Waals surface area contributed by atoms with Gasteiger partial charge in [-0.05, 0) is 23.8 Å². The predicted molar refractivity (Wildman–Crippen MR) is 96.5 cm³/mol. The SMILES string of the molecule is Cn1cc(C(=O)NCc2cc(Cl)c3c(c2)OCCO3)c2ccccc21. The average molecular weight is 357 g/mol. The summed E-state index contributed by atoms with van der Waals surface area (Å²) in [5.41, 5.74) is 2.54. The molecule has 1 aliphatic heterocycles. The van der Waals surface area contributed by atoms with Gasteiger partial charge in [0, 0.05) is 30.7 Å². The number of hydrogen-bond donors (Lipinski definition) is 1. The molecule has 0 bridgehead atoms. The van der Waals surface area contributed by atoms with Crippen LogP contribution in [0.4, 0.5) is 0 Å². The molecule has 6 heteroatoms. The average Bonchev–Trinajstić information content (AvgIpc) is 2.97. The van der Waals surface area contributed by atoms with Crippen molar-refractivity contribution in [3.05, 3.63) is 58.7 Å². The number of hydrogen-bond acceptors (Lipinski definition) is 3. The van der Waals surface area contributed by atoms with Gasteiger partial charge in [0.2, 0.25) is 0 Å². The summed E-state index contributed by atoms with van der Waals surface area (Å²) in [6, 6.07) is 11.5. The molecule has 1 N–H and O–H groups in total. The number of benzene rings is 2. The zero-order valence-electron chi connectivity index (χ0n) is 13.7. The Morgan fingerprint density at radius 3 is 2.92 bits per heavy atom. The topological polar surface area (TPSA) is 52.5 Å². The molecule has 1 aromatic heterocycles. The molecule has 0 saturated carbocycles. The van der Waals surface area contributed by atoms with E-state index in [1.54, 1.807) is 6.07 Å². The lowest BCUT2D eigenvalue weighted by atomic mass is 10.1. The third-order valence-electron chi connectivity index (χ3n) is 4.25. The normalized spacial score (nSPS) is 13.0. The highest BCUT2D eigenvalue weighted by Crippen LogP contribution is 2.38. The molecular formula is C19H17ClN2O3. The van der Waals surface area contributed by atoms with Crippen LogP contribution in [-0.2, 0) is 13.6 Å². The molecule has 0 fully saturated rings. The zero-order valence-corrected chi connectivity index (χ0v) is 14.5. The minimum atomic E-state index is -0.122. The zero-order chi connectivity index (χ0) is 17.4. The van der Waals surface area contributed by atoms with E-state index in [0.29, 0.717) is 41.8 Å². The van der Waals surface area contributed by atoms with E-state index in [1.807, 2.05) is 48.1 Å². The summed E-state index contributed by atoms with van der Waals surface area (Å²) in [7, 11) is 1.93. The number of nitrogens with one attached hydrogen (secondary N) is 1. The highest BCUT2D eigenvalue weighted by atomic mass is 35.5. The van der Waals surface area contributed by atoms with Crippen LogP contribution in [0.3, 0.4) is 0 Å². The number of ether oxygens (including phenoxy) is 2. The third-order valence-corrected chi connectivity index (χ3v) is 4.53. The number of para-hydroxylation sites is 1. The van der Waals surface area contributed by atoms with E-state index in [1.165, 1.54) is 0 Å². The first-order chi connectivity index (χ1) is 12.1. The molecule has 0 unspecified atom stereocenters. The maximum Gasteiger partial charge on any atom is 0.253 e. The number of aromatic nitrogens is 1. The number of carbonyl (C=O) groups excluding carboxylic acids is 1. The minimum absolute atomic E-state index is 0.122. The first-order valence-electron chi connectivity index (χ1n) is 8.04. The van der Waals surface area contributed by atoms with Crippen molar-refractivity contribution in [1.29, 1.82) is 0 Å². The van der Waals surface area contributed by atoms with Gasteiger partial charge >= 0.3 is 0 Å². The number of rotatable bonds is 3. The largest absolute Gasteiger partial charge is 0.486 e. The third kappa shape index (κ3) is 2.91. The maximum absolute atomic E-state index is 12.6. The van der Waals surface area contributed by atoms with Crippen molar-refractivity contribution >= 4 is 28.4 Å². The van der Waals surface area contributed by atoms with Gasteiger partial charge in [-0.25, -0.2) is 0 Å². The molecule has 1 aliphatic rings. The van der Waals surface area contributed by atoms with Crippen molar-refractivity contribution in [2.75, 3.05) is 13.2 Å². The minimum Gasteiger partial charge on any atom is -0.486 e. The van der Waals surface area contributed by atoms with Crippen molar-refractivity contribution in [2.45, 2.75) is 6.54 Å². The van der Waals surface area contributed by atoms with Crippen molar-refractivity contribution in [1.82, 2.24) is 9.88 Å². The number of carbonyl (C=O) groups is 1. The fourth-order valence-electron chi connectivity index (χ4n) is 3.07. The van der Waals surface area contributed by atoms with Crippen LogP contribution < -0.4 is 14.8 Å². The Kier molecular flexibility index (Phi) is 4.01. The van der Waals surface area contributed by atoms with E-state index in [9.17, 15) is 4.79 Å². The second-order valence-electron chi connectivity index (χ2n) is 5.96. The van der Waals surface area contributed by atoms with Crippen LogP contribution >= 0.6 is 11.6 Å². The Hall–Kier alpha value is -2.66. The highest BCUT2D eigenvalue weighted by molar-refractivity contribution is 6.32. The first-order valence-corrected chi connectivity index (χ1v) is 8.41. The fraction of sp³-hybridized carbons (Fsp3) is 0.211. The van der Waals surface area contributed by atoms with E-state index in [0.717, 1.165) is 16.5 Å². The van der Waals surface area contributed by atoms with E-state index in [-0.39, 0.29) is 5.91 Å². The molecule has 25 heavy (non-hydrogen) atoms. The van der Waals surface area contributed by atoms with Crippen LogP contribution in [0.15, 0.2) is 42.6 Å². The van der Waals surface area contributed by atoms with Crippen molar-refractivity contribution < 1.29 is 14.3 Å². The summed E-state index contributed by atoms with van der Waals surface area (Å²) in [5, 5.41) is 4.37. The number of aryl methyl sites for hydroxylation is 1.